The summed E-state index contributed by atoms with van der Waals surface area (Å²) < 4.78 is 18.6. The molecule has 0 unspecified atom stereocenters. The van der Waals surface area contributed by atoms with Gasteiger partial charge in [-0.2, -0.15) is 0 Å². The first-order valence-electron chi connectivity index (χ1n) is 11.6. The van der Waals surface area contributed by atoms with Crippen LogP contribution in [-0.4, -0.2) is 63.8 Å². The molecule has 1 aromatic heterocycles. The van der Waals surface area contributed by atoms with Gasteiger partial charge in [0, 0.05) is 31.7 Å². The molecule has 0 spiro atoms. The number of amides is 4. The van der Waals surface area contributed by atoms with Gasteiger partial charge in [-0.15, -0.1) is 0 Å². The van der Waals surface area contributed by atoms with Gasteiger partial charge in [0.05, 0.1) is 17.7 Å². The van der Waals surface area contributed by atoms with Crippen molar-refractivity contribution in [3.05, 3.63) is 100 Å². The van der Waals surface area contributed by atoms with Crippen LogP contribution in [0.2, 0.25) is 0 Å². The zero-order valence-electron chi connectivity index (χ0n) is 19.6. The zero-order valence-corrected chi connectivity index (χ0v) is 20.4. The number of carbonyl (C=O) groups is 4. The van der Waals surface area contributed by atoms with Crippen molar-refractivity contribution >= 4 is 40.8 Å². The predicted molar refractivity (Wildman–Crippen MR) is 135 cm³/mol. The second kappa shape index (κ2) is 10.4. The molecule has 2 fully saturated rings. The fraction of sp³-hybridized carbons (Fsp3) is 0.185. The van der Waals surface area contributed by atoms with E-state index in [4.69, 9.17) is 4.42 Å². The second-order valence-electron chi connectivity index (χ2n) is 8.58. The van der Waals surface area contributed by atoms with Crippen molar-refractivity contribution in [1.29, 1.82) is 0 Å². The average Bonchev–Trinajstić information content (AvgIpc) is 3.54. The molecule has 5 rings (SSSR count). The average molecular weight is 520 g/mol. The Hall–Kier alpha value is -4.18. The molecule has 2 aliphatic heterocycles. The molecular weight excluding hydrogens is 497 g/mol. The number of nitrogens with zero attached hydrogens (tertiary/aromatic N) is 3. The van der Waals surface area contributed by atoms with Crippen molar-refractivity contribution in [1.82, 2.24) is 14.7 Å². The van der Waals surface area contributed by atoms with Crippen molar-refractivity contribution in [2.24, 2.45) is 0 Å². The molecule has 10 heteroatoms. The number of carbonyl (C=O) groups excluding carboxylic acids is 4. The lowest BCUT2D eigenvalue weighted by atomic mass is 10.1. The third kappa shape index (κ3) is 5.34. The van der Waals surface area contributed by atoms with Gasteiger partial charge in [0.25, 0.3) is 23.0 Å². The summed E-state index contributed by atoms with van der Waals surface area (Å²) in [6.45, 7) is 1.63. The Labute approximate surface area is 216 Å². The Morgan fingerprint density at radius 2 is 1.62 bits per heavy atom. The number of thioether (sulfide) groups is 1. The van der Waals surface area contributed by atoms with E-state index in [0.29, 0.717) is 42.9 Å². The van der Waals surface area contributed by atoms with Crippen LogP contribution in [-0.2, 0) is 11.3 Å². The van der Waals surface area contributed by atoms with Crippen LogP contribution in [0.25, 0.3) is 6.08 Å². The molecular formula is C27H22FN3O5S. The Morgan fingerprint density at radius 1 is 0.919 bits per heavy atom. The van der Waals surface area contributed by atoms with Gasteiger partial charge in [-0.05, 0) is 65.4 Å². The largest absolute Gasteiger partial charge is 0.459 e. The third-order valence-electron chi connectivity index (χ3n) is 6.14. The van der Waals surface area contributed by atoms with Crippen LogP contribution in [0.5, 0.6) is 0 Å². The van der Waals surface area contributed by atoms with Crippen molar-refractivity contribution in [2.75, 3.05) is 26.2 Å². The molecule has 8 nitrogen and oxygen atoms in total. The minimum atomic E-state index is -0.443. The van der Waals surface area contributed by atoms with Crippen molar-refractivity contribution < 1.29 is 28.0 Å². The summed E-state index contributed by atoms with van der Waals surface area (Å²) in [6.07, 6.45) is 3.05. The molecule has 2 aromatic carbocycles. The Bertz CT molecular complexity index is 1380. The first kappa shape index (κ1) is 24.5. The highest BCUT2D eigenvalue weighted by atomic mass is 32.2. The minimum Gasteiger partial charge on any atom is -0.459 e. The van der Waals surface area contributed by atoms with Gasteiger partial charge >= 0.3 is 0 Å². The summed E-state index contributed by atoms with van der Waals surface area (Å²) in [4.78, 5) is 55.2. The zero-order chi connectivity index (χ0) is 25.9. The number of hydrogen-bond acceptors (Lipinski definition) is 6. The predicted octanol–water partition coefficient (Wildman–Crippen LogP) is 4.25. The van der Waals surface area contributed by atoms with E-state index < -0.39 is 17.0 Å². The monoisotopic (exact) mass is 519 g/mol. The van der Waals surface area contributed by atoms with Crippen LogP contribution in [0, 0.1) is 5.82 Å². The molecule has 3 heterocycles. The van der Waals surface area contributed by atoms with Gasteiger partial charge in [0.2, 0.25) is 0 Å². The van der Waals surface area contributed by atoms with Gasteiger partial charge in [-0.25, -0.2) is 4.39 Å². The van der Waals surface area contributed by atoms with Crippen LogP contribution in [0.15, 0.2) is 76.2 Å². The molecule has 3 aromatic rings. The van der Waals surface area contributed by atoms with Crippen LogP contribution < -0.4 is 0 Å². The summed E-state index contributed by atoms with van der Waals surface area (Å²) in [5.41, 5.74) is 1.68. The molecule has 0 radical (unpaired) electrons. The topological polar surface area (TPSA) is 91.1 Å². The molecule has 188 valence electrons. The first-order chi connectivity index (χ1) is 17.9. The quantitative estimate of drug-likeness (QED) is 0.468. The Morgan fingerprint density at radius 3 is 2.27 bits per heavy atom. The fourth-order valence-electron chi connectivity index (χ4n) is 4.18. The number of piperazine rings is 1. The van der Waals surface area contributed by atoms with Crippen molar-refractivity contribution in [2.45, 2.75) is 6.54 Å². The molecule has 37 heavy (non-hydrogen) atoms. The van der Waals surface area contributed by atoms with Crippen molar-refractivity contribution in [3.8, 4) is 0 Å². The summed E-state index contributed by atoms with van der Waals surface area (Å²) in [5.74, 6) is -0.934. The molecule has 0 bridgehead atoms. The van der Waals surface area contributed by atoms with Crippen LogP contribution in [0.1, 0.15) is 32.0 Å². The lowest BCUT2D eigenvalue weighted by Gasteiger charge is -2.34. The number of imide groups is 1. The van der Waals surface area contributed by atoms with Gasteiger partial charge in [-0.3, -0.25) is 24.1 Å². The lowest BCUT2D eigenvalue weighted by molar-refractivity contribution is -0.123. The maximum absolute atomic E-state index is 13.5. The van der Waals surface area contributed by atoms with E-state index in [2.05, 4.69) is 0 Å². The lowest BCUT2D eigenvalue weighted by Crippen LogP contribution is -2.50. The molecule has 0 aliphatic carbocycles. The van der Waals surface area contributed by atoms with Gasteiger partial charge in [0.15, 0.2) is 5.76 Å². The number of rotatable bonds is 5. The standard InChI is InChI=1S/C27H22FN3O5S/c28-21-4-1-3-19(15-21)17-31-26(34)23(37-27(31)35)16-18-6-8-20(9-7-18)24(32)29-10-12-30(13-11-29)25(33)22-5-2-14-36-22/h1-9,14-16H,10-13,17H2. The van der Waals surface area contributed by atoms with E-state index in [-0.39, 0.29) is 29.0 Å². The van der Waals surface area contributed by atoms with E-state index in [9.17, 15) is 23.6 Å². The maximum atomic E-state index is 13.5. The highest BCUT2D eigenvalue weighted by Gasteiger charge is 2.35. The molecule has 2 aliphatic rings. The Kier molecular flexibility index (Phi) is 6.91. The molecule has 2 saturated heterocycles. The number of benzene rings is 2. The SMILES string of the molecule is O=C(c1ccc(C=C2SC(=O)N(Cc3cccc(F)c3)C2=O)cc1)N1CCN(C(=O)c2ccco2)CC1. The summed E-state index contributed by atoms with van der Waals surface area (Å²) in [7, 11) is 0. The van der Waals surface area contributed by atoms with E-state index in [1.165, 1.54) is 24.5 Å². The van der Waals surface area contributed by atoms with Gasteiger partial charge in [-0.1, -0.05) is 24.3 Å². The molecule has 4 amide bonds. The smallest absolute Gasteiger partial charge is 0.293 e. The Balaban J connectivity index is 1.20. The summed E-state index contributed by atoms with van der Waals surface area (Å²) >= 11 is 0.825. The van der Waals surface area contributed by atoms with Gasteiger partial charge < -0.3 is 14.2 Å². The normalized spacial score (nSPS) is 17.1. The van der Waals surface area contributed by atoms with Crippen molar-refractivity contribution in [3.63, 3.8) is 0 Å². The number of halogens is 1. The van der Waals surface area contributed by atoms with Crippen LogP contribution in [0.4, 0.5) is 9.18 Å². The molecule has 0 saturated carbocycles. The van der Waals surface area contributed by atoms with Crippen LogP contribution >= 0.6 is 11.8 Å². The summed E-state index contributed by atoms with van der Waals surface area (Å²) in [5, 5.41) is -0.419. The first-order valence-corrected chi connectivity index (χ1v) is 12.4. The third-order valence-corrected chi connectivity index (χ3v) is 7.05. The van der Waals surface area contributed by atoms with E-state index in [1.54, 1.807) is 58.3 Å². The minimum absolute atomic E-state index is 0.00637. The number of furan rings is 1. The van der Waals surface area contributed by atoms with Gasteiger partial charge in [0.1, 0.15) is 5.82 Å². The second-order valence-corrected chi connectivity index (χ2v) is 9.57. The maximum Gasteiger partial charge on any atom is 0.293 e. The van der Waals surface area contributed by atoms with E-state index in [1.807, 2.05) is 0 Å². The van der Waals surface area contributed by atoms with E-state index in [0.717, 1.165) is 16.7 Å². The molecule has 0 N–H and O–H groups in total. The molecule has 0 atom stereocenters. The van der Waals surface area contributed by atoms with Crippen LogP contribution in [0.3, 0.4) is 0 Å². The highest BCUT2D eigenvalue weighted by molar-refractivity contribution is 8.18. The fourth-order valence-corrected chi connectivity index (χ4v) is 5.02. The highest BCUT2D eigenvalue weighted by Crippen LogP contribution is 2.33. The summed E-state index contributed by atoms with van der Waals surface area (Å²) in [6, 6.07) is 15.8. The number of hydrogen-bond donors (Lipinski definition) is 0. The van der Waals surface area contributed by atoms with E-state index >= 15 is 0 Å².